The van der Waals surface area contributed by atoms with Gasteiger partial charge in [-0.05, 0) is 68.3 Å². The highest BCUT2D eigenvalue weighted by molar-refractivity contribution is 5.89. The topological polar surface area (TPSA) is 49.4 Å². The fourth-order valence-electron chi connectivity index (χ4n) is 6.46. The number of amides is 2. The molecular formula is C23H30N2O2. The third-order valence-corrected chi connectivity index (χ3v) is 7.61. The molecule has 144 valence electrons. The lowest BCUT2D eigenvalue weighted by molar-refractivity contribution is -0.130. The molecule has 5 aliphatic rings. The molecule has 4 nitrogen and oxygen atoms in total. The maximum atomic E-state index is 12.9. The van der Waals surface area contributed by atoms with Crippen LogP contribution >= 0.6 is 0 Å². The molecule has 1 atom stereocenters. The van der Waals surface area contributed by atoms with Crippen LogP contribution in [0, 0.1) is 36.5 Å². The molecule has 4 heteroatoms. The molecule has 1 N–H and O–H groups in total. The molecule has 6 rings (SSSR count). The van der Waals surface area contributed by atoms with Gasteiger partial charge in [-0.25, -0.2) is 0 Å². The van der Waals surface area contributed by atoms with E-state index in [1.54, 1.807) is 0 Å². The molecule has 1 heterocycles. The summed E-state index contributed by atoms with van der Waals surface area (Å²) in [6, 6.07) is 8.67. The van der Waals surface area contributed by atoms with E-state index in [0.717, 1.165) is 17.4 Å². The van der Waals surface area contributed by atoms with Crippen molar-refractivity contribution in [1.29, 1.82) is 0 Å². The largest absolute Gasteiger partial charge is 0.353 e. The van der Waals surface area contributed by atoms with Crippen LogP contribution in [0.25, 0.3) is 0 Å². The Bertz CT molecular complexity index is 713. The average Bonchev–Trinajstić information content (AvgIpc) is 3.00. The molecule has 1 aromatic carbocycles. The zero-order chi connectivity index (χ0) is 18.5. The number of nitrogens with zero attached hydrogens (tertiary/aromatic N) is 1. The summed E-state index contributed by atoms with van der Waals surface area (Å²) in [6.45, 7) is 3.24. The molecule has 1 aliphatic heterocycles. The van der Waals surface area contributed by atoms with E-state index in [9.17, 15) is 9.59 Å². The zero-order valence-electron chi connectivity index (χ0n) is 16.2. The number of aryl methyl sites for hydroxylation is 1. The second-order valence-electron chi connectivity index (χ2n) is 9.63. The predicted molar refractivity (Wildman–Crippen MR) is 104 cm³/mol. The van der Waals surface area contributed by atoms with E-state index in [2.05, 4.69) is 36.5 Å². The minimum atomic E-state index is -0.180. The van der Waals surface area contributed by atoms with Crippen LogP contribution in [0.3, 0.4) is 0 Å². The summed E-state index contributed by atoms with van der Waals surface area (Å²) in [6.07, 6.45) is 7.02. The number of carbonyl (C=O) groups excluding carboxylic acids is 2. The number of nitrogens with one attached hydrogen (secondary N) is 1. The molecule has 27 heavy (non-hydrogen) atoms. The lowest BCUT2D eigenvalue weighted by Gasteiger charge is -2.54. The van der Waals surface area contributed by atoms with Crippen molar-refractivity contribution < 1.29 is 9.59 Å². The molecule has 1 saturated heterocycles. The highest BCUT2D eigenvalue weighted by atomic mass is 16.2. The zero-order valence-corrected chi connectivity index (χ0v) is 16.2. The lowest BCUT2D eigenvalue weighted by Crippen LogP contribution is -2.56. The second-order valence-corrected chi connectivity index (χ2v) is 9.63. The van der Waals surface area contributed by atoms with Gasteiger partial charge in [0.15, 0.2) is 0 Å². The quantitative estimate of drug-likeness (QED) is 0.889. The summed E-state index contributed by atoms with van der Waals surface area (Å²) < 4.78 is 0. The maximum absolute atomic E-state index is 12.9. The third kappa shape index (κ3) is 3.28. The molecule has 0 radical (unpaired) electrons. The summed E-state index contributed by atoms with van der Waals surface area (Å²) in [5, 5.41) is 3.40. The van der Waals surface area contributed by atoms with Gasteiger partial charge in [-0.15, -0.1) is 0 Å². The monoisotopic (exact) mass is 366 g/mol. The van der Waals surface area contributed by atoms with Crippen LogP contribution in [0.2, 0.25) is 0 Å². The molecule has 1 aromatic rings. The standard InChI is InChI=1S/C23H30N2O2/c1-14-2-4-15(5-3-14)12-25-13-20(11-21(25)26)23(27)24-22-18-7-16-6-17(9-18)10-19(22)8-16/h2-5,16-20,22H,6-13H2,1H3,(H,24,27). The van der Waals surface area contributed by atoms with E-state index < -0.39 is 0 Å². The van der Waals surface area contributed by atoms with Gasteiger partial charge in [0, 0.05) is 25.6 Å². The Morgan fingerprint density at radius 1 is 1.04 bits per heavy atom. The third-order valence-electron chi connectivity index (χ3n) is 7.61. The molecule has 0 aromatic heterocycles. The van der Waals surface area contributed by atoms with Crippen LogP contribution < -0.4 is 5.32 Å². The number of carbonyl (C=O) groups is 2. The Morgan fingerprint density at radius 3 is 2.30 bits per heavy atom. The van der Waals surface area contributed by atoms with E-state index in [1.165, 1.54) is 37.7 Å². The van der Waals surface area contributed by atoms with Gasteiger partial charge in [0.1, 0.15) is 0 Å². The summed E-state index contributed by atoms with van der Waals surface area (Å²) in [7, 11) is 0. The van der Waals surface area contributed by atoms with E-state index in [0.29, 0.717) is 37.4 Å². The molecule has 0 spiro atoms. The molecular weight excluding hydrogens is 336 g/mol. The van der Waals surface area contributed by atoms with E-state index in [-0.39, 0.29) is 17.7 Å². The summed E-state index contributed by atoms with van der Waals surface area (Å²) in [5.74, 6) is 3.25. The van der Waals surface area contributed by atoms with Crippen LogP contribution in [0.15, 0.2) is 24.3 Å². The van der Waals surface area contributed by atoms with Crippen molar-refractivity contribution in [3.05, 3.63) is 35.4 Å². The molecule has 4 aliphatic carbocycles. The summed E-state index contributed by atoms with van der Waals surface area (Å²) in [4.78, 5) is 27.2. The molecule has 2 amide bonds. The van der Waals surface area contributed by atoms with Crippen LogP contribution in [0.1, 0.15) is 49.7 Å². The Hall–Kier alpha value is -1.84. The smallest absolute Gasteiger partial charge is 0.225 e. The fourth-order valence-corrected chi connectivity index (χ4v) is 6.46. The Morgan fingerprint density at radius 2 is 1.67 bits per heavy atom. The van der Waals surface area contributed by atoms with E-state index in [4.69, 9.17) is 0 Å². The van der Waals surface area contributed by atoms with E-state index in [1.807, 2.05) is 4.90 Å². The van der Waals surface area contributed by atoms with Gasteiger partial charge in [0.25, 0.3) is 0 Å². The highest BCUT2D eigenvalue weighted by Crippen LogP contribution is 2.53. The van der Waals surface area contributed by atoms with Gasteiger partial charge in [-0.2, -0.15) is 0 Å². The van der Waals surface area contributed by atoms with Crippen molar-refractivity contribution in [2.75, 3.05) is 6.54 Å². The second kappa shape index (κ2) is 6.65. The Balaban J connectivity index is 1.20. The molecule has 4 saturated carbocycles. The number of hydrogen-bond acceptors (Lipinski definition) is 2. The van der Waals surface area contributed by atoms with Gasteiger partial charge >= 0.3 is 0 Å². The van der Waals surface area contributed by atoms with Gasteiger partial charge < -0.3 is 10.2 Å². The summed E-state index contributed by atoms with van der Waals surface area (Å²) >= 11 is 0. The van der Waals surface area contributed by atoms with Crippen molar-refractivity contribution in [3.63, 3.8) is 0 Å². The minimum Gasteiger partial charge on any atom is -0.353 e. The normalized spacial score (nSPS) is 37.1. The van der Waals surface area contributed by atoms with Crippen LogP contribution in [0.4, 0.5) is 0 Å². The first-order valence-corrected chi connectivity index (χ1v) is 10.7. The molecule has 4 bridgehead atoms. The molecule has 5 fully saturated rings. The van der Waals surface area contributed by atoms with Crippen LogP contribution in [0.5, 0.6) is 0 Å². The first-order chi connectivity index (χ1) is 13.0. The minimum absolute atomic E-state index is 0.112. The SMILES string of the molecule is Cc1ccc(CN2CC(C(=O)NC3C4CC5CC(C4)CC3C5)CC2=O)cc1. The van der Waals surface area contributed by atoms with Crippen molar-refractivity contribution >= 4 is 11.8 Å². The van der Waals surface area contributed by atoms with Crippen molar-refractivity contribution in [1.82, 2.24) is 10.2 Å². The van der Waals surface area contributed by atoms with Crippen molar-refractivity contribution in [2.45, 2.75) is 58.0 Å². The van der Waals surface area contributed by atoms with Crippen molar-refractivity contribution in [3.8, 4) is 0 Å². The first kappa shape index (κ1) is 17.3. The number of likely N-dealkylation sites (tertiary alicyclic amines) is 1. The van der Waals surface area contributed by atoms with Crippen LogP contribution in [-0.4, -0.2) is 29.3 Å². The summed E-state index contributed by atoms with van der Waals surface area (Å²) in [5.41, 5.74) is 2.36. The van der Waals surface area contributed by atoms with Crippen molar-refractivity contribution in [2.24, 2.45) is 29.6 Å². The first-order valence-electron chi connectivity index (χ1n) is 10.7. The van der Waals surface area contributed by atoms with Gasteiger partial charge in [0.2, 0.25) is 11.8 Å². The van der Waals surface area contributed by atoms with Gasteiger partial charge in [0.05, 0.1) is 5.92 Å². The van der Waals surface area contributed by atoms with Gasteiger partial charge in [-0.1, -0.05) is 29.8 Å². The Labute approximate surface area is 161 Å². The average molecular weight is 367 g/mol. The van der Waals surface area contributed by atoms with Crippen LogP contribution in [-0.2, 0) is 16.1 Å². The number of hydrogen-bond donors (Lipinski definition) is 1. The lowest BCUT2D eigenvalue weighted by atomic mass is 9.54. The van der Waals surface area contributed by atoms with Gasteiger partial charge in [-0.3, -0.25) is 9.59 Å². The molecule has 1 unspecified atom stereocenters. The van der Waals surface area contributed by atoms with E-state index >= 15 is 0 Å². The fraction of sp³-hybridized carbons (Fsp3) is 0.652. The Kier molecular flexibility index (Phi) is 4.25. The number of rotatable bonds is 4. The maximum Gasteiger partial charge on any atom is 0.225 e. The number of benzene rings is 1. The highest BCUT2D eigenvalue weighted by Gasteiger charge is 2.49. The predicted octanol–water partition coefficient (Wildman–Crippen LogP) is 3.28.